The fourth-order valence-corrected chi connectivity index (χ4v) is 3.20. The first-order chi connectivity index (χ1) is 13.7. The molecule has 9 nitrogen and oxygen atoms in total. The zero-order valence-corrected chi connectivity index (χ0v) is 15.8. The van der Waals surface area contributed by atoms with E-state index in [9.17, 15) is 0 Å². The Bertz CT molecular complexity index is 1060. The van der Waals surface area contributed by atoms with Gasteiger partial charge in [0, 0.05) is 5.69 Å². The van der Waals surface area contributed by atoms with E-state index in [4.69, 9.17) is 5.73 Å². The van der Waals surface area contributed by atoms with E-state index in [1.165, 1.54) is 17.3 Å². The maximum absolute atomic E-state index is 5.84. The number of aryl methyl sites for hydroxylation is 1. The molecule has 2 heterocycles. The molecule has 0 fully saturated rings. The van der Waals surface area contributed by atoms with Gasteiger partial charge < -0.3 is 11.1 Å². The highest BCUT2D eigenvalue weighted by atomic mass is 32.2. The molecule has 0 bridgehead atoms. The van der Waals surface area contributed by atoms with Crippen LogP contribution in [-0.4, -0.2) is 35.2 Å². The van der Waals surface area contributed by atoms with Gasteiger partial charge in [-0.25, -0.2) is 0 Å². The molecule has 28 heavy (non-hydrogen) atoms. The summed E-state index contributed by atoms with van der Waals surface area (Å²) in [5, 5.41) is 15.7. The van der Waals surface area contributed by atoms with Gasteiger partial charge in [0.2, 0.25) is 17.1 Å². The third kappa shape index (κ3) is 4.23. The molecule has 2 aromatic heterocycles. The number of thioether (sulfide) groups is 1. The number of hydrogen-bond acceptors (Lipinski definition) is 9. The number of rotatable bonds is 6. The Morgan fingerprint density at radius 3 is 2.57 bits per heavy atom. The number of nitrogen functional groups attached to an aromatic ring is 1. The normalized spacial score (nSPS) is 10.8. The van der Waals surface area contributed by atoms with Crippen LogP contribution in [0.4, 0.5) is 17.6 Å². The Morgan fingerprint density at radius 2 is 1.79 bits per heavy atom. The molecule has 0 spiro atoms. The molecule has 4 rings (SSSR count). The van der Waals surface area contributed by atoms with Crippen LogP contribution in [0.25, 0.3) is 5.69 Å². The zero-order valence-electron chi connectivity index (χ0n) is 15.0. The van der Waals surface area contributed by atoms with E-state index in [1.807, 2.05) is 61.5 Å². The minimum atomic E-state index is 0.155. The number of aromatic nitrogens is 7. The van der Waals surface area contributed by atoms with Crippen LogP contribution in [0.3, 0.4) is 0 Å². The second-order valence-electron chi connectivity index (χ2n) is 5.92. The first kappa shape index (κ1) is 17.9. The van der Waals surface area contributed by atoms with Crippen LogP contribution in [0, 0.1) is 6.92 Å². The van der Waals surface area contributed by atoms with Crippen LogP contribution in [0.1, 0.15) is 11.4 Å². The Morgan fingerprint density at radius 1 is 1.00 bits per heavy atom. The van der Waals surface area contributed by atoms with Crippen LogP contribution >= 0.6 is 11.8 Å². The van der Waals surface area contributed by atoms with Gasteiger partial charge in [0.05, 0.1) is 11.4 Å². The highest BCUT2D eigenvalue weighted by molar-refractivity contribution is 7.98. The van der Waals surface area contributed by atoms with Crippen molar-refractivity contribution < 1.29 is 0 Å². The number of nitrogens with one attached hydrogen (secondary N) is 1. The molecule has 0 aliphatic rings. The van der Waals surface area contributed by atoms with Crippen molar-refractivity contribution in [3.8, 4) is 5.69 Å². The van der Waals surface area contributed by atoms with Crippen LogP contribution in [0.15, 0.2) is 59.8 Å². The average molecular weight is 391 g/mol. The first-order valence-corrected chi connectivity index (χ1v) is 9.47. The van der Waals surface area contributed by atoms with Gasteiger partial charge >= 0.3 is 0 Å². The van der Waals surface area contributed by atoms with Crippen molar-refractivity contribution in [3.05, 3.63) is 66.0 Å². The lowest BCUT2D eigenvalue weighted by atomic mass is 10.2. The summed E-state index contributed by atoms with van der Waals surface area (Å²) in [6.45, 7) is 2.03. The van der Waals surface area contributed by atoms with Gasteiger partial charge in [-0.1, -0.05) is 47.7 Å². The molecule has 0 aliphatic carbocycles. The van der Waals surface area contributed by atoms with Gasteiger partial charge in [-0.2, -0.15) is 19.6 Å². The summed E-state index contributed by atoms with van der Waals surface area (Å²) in [6.07, 6.45) is 0. The summed E-state index contributed by atoms with van der Waals surface area (Å²) >= 11 is 1.42. The van der Waals surface area contributed by atoms with Crippen molar-refractivity contribution in [2.45, 2.75) is 17.8 Å². The Kier molecular flexibility index (Phi) is 5.11. The van der Waals surface area contributed by atoms with E-state index in [0.29, 0.717) is 22.7 Å². The number of para-hydroxylation sites is 1. The third-order valence-electron chi connectivity index (χ3n) is 3.78. The highest BCUT2D eigenvalue weighted by Gasteiger charge is 2.12. The number of nitrogens with two attached hydrogens (primary N) is 1. The van der Waals surface area contributed by atoms with Gasteiger partial charge in [-0.15, -0.1) is 5.10 Å². The second kappa shape index (κ2) is 8.01. The lowest BCUT2D eigenvalue weighted by Gasteiger charge is -2.07. The molecule has 3 N–H and O–H groups in total. The van der Waals surface area contributed by atoms with Gasteiger partial charge in [-0.3, -0.25) is 0 Å². The lowest BCUT2D eigenvalue weighted by Crippen LogP contribution is -2.07. The monoisotopic (exact) mass is 391 g/mol. The molecule has 2 aromatic carbocycles. The number of benzene rings is 2. The van der Waals surface area contributed by atoms with Crippen LogP contribution in [0.2, 0.25) is 0 Å². The van der Waals surface area contributed by atoms with Crippen molar-refractivity contribution in [1.82, 2.24) is 35.2 Å². The van der Waals surface area contributed by atoms with E-state index in [2.05, 4.69) is 35.8 Å². The first-order valence-electron chi connectivity index (χ1n) is 8.48. The van der Waals surface area contributed by atoms with E-state index in [-0.39, 0.29) is 5.95 Å². The lowest BCUT2D eigenvalue weighted by molar-refractivity contribution is 0.756. The Labute approximate surface area is 165 Å². The topological polar surface area (TPSA) is 120 Å². The van der Waals surface area contributed by atoms with E-state index in [0.717, 1.165) is 11.4 Å². The number of anilines is 3. The van der Waals surface area contributed by atoms with E-state index >= 15 is 0 Å². The molecule has 0 radical (unpaired) electrons. The smallest absolute Gasteiger partial charge is 0.232 e. The van der Waals surface area contributed by atoms with Crippen LogP contribution in [0.5, 0.6) is 0 Å². The maximum Gasteiger partial charge on any atom is 0.232 e. The molecule has 0 aliphatic heterocycles. The van der Waals surface area contributed by atoms with Crippen molar-refractivity contribution >= 4 is 29.3 Å². The largest absolute Gasteiger partial charge is 0.368 e. The average Bonchev–Trinajstić information content (AvgIpc) is 3.16. The molecular weight excluding hydrogens is 374 g/mol. The fourth-order valence-electron chi connectivity index (χ4n) is 2.46. The third-order valence-corrected chi connectivity index (χ3v) is 4.69. The highest BCUT2D eigenvalue weighted by Crippen LogP contribution is 2.22. The minimum Gasteiger partial charge on any atom is -0.368 e. The second-order valence-corrected chi connectivity index (χ2v) is 6.86. The van der Waals surface area contributed by atoms with Gasteiger partial charge in [0.25, 0.3) is 0 Å². The van der Waals surface area contributed by atoms with Crippen molar-refractivity contribution in [2.75, 3.05) is 11.1 Å². The standard InChI is InChI=1S/C18H17N9S/c1-12-7-9-14(10-8-12)27-18(24-25-26-27)28-11-15-21-16(19)23-17(22-15)20-13-5-3-2-4-6-13/h2-10H,11H2,1H3,(H3,19,20,21,22,23). The van der Waals surface area contributed by atoms with E-state index in [1.54, 1.807) is 4.68 Å². The van der Waals surface area contributed by atoms with Crippen LogP contribution < -0.4 is 11.1 Å². The van der Waals surface area contributed by atoms with Crippen molar-refractivity contribution in [1.29, 1.82) is 0 Å². The summed E-state index contributed by atoms with van der Waals surface area (Å²) in [4.78, 5) is 12.8. The molecule has 0 unspecified atom stereocenters. The molecule has 4 aromatic rings. The van der Waals surface area contributed by atoms with Crippen molar-refractivity contribution in [2.24, 2.45) is 0 Å². The predicted molar refractivity (Wildman–Crippen MR) is 107 cm³/mol. The summed E-state index contributed by atoms with van der Waals surface area (Å²) < 4.78 is 1.68. The van der Waals surface area contributed by atoms with Gasteiger partial charge in [-0.05, 0) is 41.6 Å². The quantitative estimate of drug-likeness (QED) is 0.478. The SMILES string of the molecule is Cc1ccc(-n2nnnc2SCc2nc(N)nc(Nc3ccccc3)n2)cc1. The van der Waals surface area contributed by atoms with Crippen molar-refractivity contribution in [3.63, 3.8) is 0 Å². The zero-order chi connectivity index (χ0) is 19.3. The molecule has 0 amide bonds. The predicted octanol–water partition coefficient (Wildman–Crippen LogP) is 2.77. The summed E-state index contributed by atoms with van der Waals surface area (Å²) in [6, 6.07) is 17.6. The number of tetrazole rings is 1. The molecule has 140 valence electrons. The molecule has 0 atom stereocenters. The van der Waals surface area contributed by atoms with Gasteiger partial charge in [0.1, 0.15) is 5.82 Å². The summed E-state index contributed by atoms with van der Waals surface area (Å²) in [7, 11) is 0. The molecule has 10 heteroatoms. The Hall–Kier alpha value is -3.53. The number of nitrogens with zero attached hydrogens (tertiary/aromatic N) is 7. The van der Waals surface area contributed by atoms with Crippen LogP contribution in [-0.2, 0) is 5.75 Å². The van der Waals surface area contributed by atoms with E-state index < -0.39 is 0 Å². The molecule has 0 saturated carbocycles. The molecule has 0 saturated heterocycles. The number of hydrogen-bond donors (Lipinski definition) is 2. The summed E-state index contributed by atoms with van der Waals surface area (Å²) in [5.41, 5.74) is 8.77. The summed E-state index contributed by atoms with van der Waals surface area (Å²) in [5.74, 6) is 1.53. The van der Waals surface area contributed by atoms with Gasteiger partial charge in [0.15, 0.2) is 0 Å². The maximum atomic E-state index is 5.84. The fraction of sp³-hybridized carbons (Fsp3) is 0.111. The molecular formula is C18H17N9S. The minimum absolute atomic E-state index is 0.155. The Balaban J connectivity index is 1.50.